The number of rotatable bonds is 6. The van der Waals surface area contributed by atoms with Crippen LogP contribution >= 0.6 is 15.9 Å². The van der Waals surface area contributed by atoms with E-state index in [0.29, 0.717) is 12.1 Å². The van der Waals surface area contributed by atoms with Crippen molar-refractivity contribution in [2.45, 2.75) is 32.7 Å². The number of carbonyl (C=O) groups excluding carboxylic acids is 1. The molecule has 0 N–H and O–H groups in total. The van der Waals surface area contributed by atoms with Crippen LogP contribution in [-0.4, -0.2) is 17.9 Å². The van der Waals surface area contributed by atoms with E-state index in [1.165, 1.54) is 5.39 Å². The van der Waals surface area contributed by atoms with E-state index in [-0.39, 0.29) is 5.91 Å². The lowest BCUT2D eigenvalue weighted by atomic mass is 10.0. The topological polar surface area (TPSA) is 33.5 Å². The molecule has 148 valence electrons. The molecule has 4 rings (SSSR count). The lowest BCUT2D eigenvalue weighted by Gasteiger charge is -2.18. The fourth-order valence-electron chi connectivity index (χ4n) is 3.77. The highest BCUT2D eigenvalue weighted by Crippen LogP contribution is 2.29. The largest absolute Gasteiger partial charge is 0.460 e. The van der Waals surface area contributed by atoms with Crippen molar-refractivity contribution in [3.05, 3.63) is 82.0 Å². The summed E-state index contributed by atoms with van der Waals surface area (Å²) < 4.78 is 7.12. The Kier molecular flexibility index (Phi) is 5.72. The number of fused-ring (bicyclic) bond motifs is 2. The molecule has 0 atom stereocenters. The first-order chi connectivity index (χ1) is 14.1. The Labute approximate surface area is 179 Å². The van der Waals surface area contributed by atoms with Gasteiger partial charge in [-0.15, -0.1) is 0 Å². The van der Waals surface area contributed by atoms with E-state index < -0.39 is 0 Å². The summed E-state index contributed by atoms with van der Waals surface area (Å²) >= 11 is 3.60. The number of nitrogens with zero attached hydrogens (tertiary/aromatic N) is 1. The van der Waals surface area contributed by atoms with Crippen molar-refractivity contribution in [2.24, 2.45) is 0 Å². The van der Waals surface area contributed by atoms with Gasteiger partial charge in [0.15, 0.2) is 0 Å². The molecule has 0 aliphatic rings. The van der Waals surface area contributed by atoms with Crippen LogP contribution in [0.4, 0.5) is 0 Å². The zero-order chi connectivity index (χ0) is 20.4. The molecule has 0 spiro atoms. The molecule has 3 aromatic carbocycles. The maximum absolute atomic E-state index is 13.4. The predicted molar refractivity (Wildman–Crippen MR) is 122 cm³/mol. The summed E-state index contributed by atoms with van der Waals surface area (Å²) in [6.45, 7) is 2.70. The van der Waals surface area contributed by atoms with Gasteiger partial charge < -0.3 is 9.32 Å². The van der Waals surface area contributed by atoms with Crippen LogP contribution in [0.3, 0.4) is 0 Å². The first-order valence-electron chi connectivity index (χ1n) is 10.0. The molecule has 1 aromatic heterocycles. The minimum Gasteiger partial charge on any atom is -0.460 e. The Bertz CT molecular complexity index is 1180. The van der Waals surface area contributed by atoms with Crippen molar-refractivity contribution in [1.29, 1.82) is 0 Å². The smallest absolute Gasteiger partial charge is 0.258 e. The van der Waals surface area contributed by atoms with E-state index in [1.807, 2.05) is 43.4 Å². The molecule has 0 aliphatic carbocycles. The van der Waals surface area contributed by atoms with Crippen LogP contribution in [0, 0.1) is 0 Å². The molecule has 0 radical (unpaired) electrons. The van der Waals surface area contributed by atoms with Crippen LogP contribution in [0.5, 0.6) is 0 Å². The lowest BCUT2D eigenvalue weighted by Crippen LogP contribution is -2.26. The Morgan fingerprint density at radius 3 is 2.69 bits per heavy atom. The molecule has 29 heavy (non-hydrogen) atoms. The summed E-state index contributed by atoms with van der Waals surface area (Å²) in [7, 11) is 1.86. The maximum atomic E-state index is 13.4. The van der Waals surface area contributed by atoms with Crippen molar-refractivity contribution in [1.82, 2.24) is 4.90 Å². The summed E-state index contributed by atoms with van der Waals surface area (Å²) in [5, 5.41) is 3.24. The van der Waals surface area contributed by atoms with Crippen LogP contribution in [0.15, 0.2) is 69.6 Å². The number of furan rings is 1. The van der Waals surface area contributed by atoms with Crippen LogP contribution < -0.4 is 0 Å². The zero-order valence-electron chi connectivity index (χ0n) is 16.7. The van der Waals surface area contributed by atoms with Gasteiger partial charge >= 0.3 is 0 Å². The molecule has 0 aliphatic heterocycles. The van der Waals surface area contributed by atoms with Crippen molar-refractivity contribution in [3.63, 3.8) is 0 Å². The summed E-state index contributed by atoms with van der Waals surface area (Å²) in [4.78, 5) is 15.2. The van der Waals surface area contributed by atoms with Crippen LogP contribution in [0.2, 0.25) is 0 Å². The summed E-state index contributed by atoms with van der Waals surface area (Å²) in [5.41, 5.74) is 2.60. The molecule has 0 bridgehead atoms. The number of hydrogen-bond donors (Lipinski definition) is 0. The Morgan fingerprint density at radius 1 is 1.03 bits per heavy atom. The van der Waals surface area contributed by atoms with E-state index >= 15 is 0 Å². The second-order valence-electron chi connectivity index (χ2n) is 7.46. The normalized spacial score (nSPS) is 11.3. The molecule has 0 fully saturated rings. The van der Waals surface area contributed by atoms with Gasteiger partial charge in [-0.25, -0.2) is 0 Å². The second kappa shape index (κ2) is 8.42. The third-order valence-corrected chi connectivity index (χ3v) is 5.99. The van der Waals surface area contributed by atoms with Crippen molar-refractivity contribution >= 4 is 43.6 Å². The molecule has 4 aromatic rings. The van der Waals surface area contributed by atoms with Gasteiger partial charge in [-0.3, -0.25) is 4.79 Å². The van der Waals surface area contributed by atoms with E-state index in [4.69, 9.17) is 4.42 Å². The molecular formula is C25H24BrNO2. The van der Waals surface area contributed by atoms with Crippen LogP contribution in [0.1, 0.15) is 41.4 Å². The van der Waals surface area contributed by atoms with Gasteiger partial charge in [0.05, 0.1) is 5.56 Å². The van der Waals surface area contributed by atoms with E-state index in [9.17, 15) is 4.79 Å². The number of carbonyl (C=O) groups is 1. The van der Waals surface area contributed by atoms with Crippen LogP contribution in [-0.2, 0) is 13.0 Å². The molecule has 0 saturated carbocycles. The fourth-order valence-corrected chi connectivity index (χ4v) is 4.29. The molecule has 3 nitrogen and oxygen atoms in total. The minimum absolute atomic E-state index is 0.00962. The molecule has 1 heterocycles. The fraction of sp³-hybridized carbons (Fsp3) is 0.240. The first-order valence-corrected chi connectivity index (χ1v) is 10.8. The average Bonchev–Trinajstić information content (AvgIpc) is 3.10. The van der Waals surface area contributed by atoms with Gasteiger partial charge in [0, 0.05) is 29.9 Å². The lowest BCUT2D eigenvalue weighted by molar-refractivity contribution is 0.0784. The third kappa shape index (κ3) is 3.95. The quantitative estimate of drug-likeness (QED) is 0.318. The molecule has 4 heteroatoms. The highest BCUT2D eigenvalue weighted by molar-refractivity contribution is 9.10. The predicted octanol–water partition coefficient (Wildman–Crippen LogP) is 6.96. The number of halogens is 1. The summed E-state index contributed by atoms with van der Waals surface area (Å²) in [5.74, 6) is 0.808. The number of amides is 1. The summed E-state index contributed by atoms with van der Waals surface area (Å²) in [6, 6.07) is 20.3. The van der Waals surface area contributed by atoms with Gasteiger partial charge in [0.1, 0.15) is 11.3 Å². The van der Waals surface area contributed by atoms with Crippen molar-refractivity contribution in [3.8, 4) is 0 Å². The number of aryl methyl sites for hydroxylation is 1. The number of para-hydroxylation sites is 1. The van der Waals surface area contributed by atoms with E-state index in [0.717, 1.165) is 51.4 Å². The van der Waals surface area contributed by atoms with Gasteiger partial charge in [-0.2, -0.15) is 0 Å². The SMILES string of the molecule is CCCCc1oc2ccccc2c1C(=O)N(C)Cc1ccc2c(Br)cccc2c1. The minimum atomic E-state index is 0.00962. The van der Waals surface area contributed by atoms with E-state index in [2.05, 4.69) is 47.1 Å². The van der Waals surface area contributed by atoms with Crippen molar-refractivity contribution < 1.29 is 9.21 Å². The Balaban J connectivity index is 1.64. The zero-order valence-corrected chi connectivity index (χ0v) is 18.3. The number of hydrogen-bond acceptors (Lipinski definition) is 2. The average molecular weight is 450 g/mol. The Hall–Kier alpha value is -2.59. The number of unbranched alkanes of at least 4 members (excludes halogenated alkanes) is 1. The summed E-state index contributed by atoms with van der Waals surface area (Å²) in [6.07, 6.45) is 2.85. The molecule has 0 saturated heterocycles. The van der Waals surface area contributed by atoms with E-state index in [1.54, 1.807) is 4.90 Å². The third-order valence-electron chi connectivity index (χ3n) is 5.30. The van der Waals surface area contributed by atoms with Crippen molar-refractivity contribution in [2.75, 3.05) is 7.05 Å². The molecule has 1 amide bonds. The van der Waals surface area contributed by atoms with Gasteiger partial charge in [0.2, 0.25) is 0 Å². The molecule has 0 unspecified atom stereocenters. The van der Waals surface area contributed by atoms with Gasteiger partial charge in [-0.05, 0) is 41.0 Å². The highest BCUT2D eigenvalue weighted by atomic mass is 79.9. The maximum Gasteiger partial charge on any atom is 0.258 e. The highest BCUT2D eigenvalue weighted by Gasteiger charge is 2.23. The Morgan fingerprint density at radius 2 is 1.86 bits per heavy atom. The standard InChI is InChI=1S/C25H24BrNO2/c1-3-4-11-23-24(20-9-5-6-12-22(20)29-23)25(28)27(2)16-17-13-14-19-18(15-17)8-7-10-21(19)26/h5-10,12-15H,3-4,11,16H2,1-2H3. The first kappa shape index (κ1) is 19.7. The van der Waals surface area contributed by atoms with Crippen LogP contribution in [0.25, 0.3) is 21.7 Å². The van der Waals surface area contributed by atoms with Gasteiger partial charge in [-0.1, -0.05) is 71.7 Å². The molecular weight excluding hydrogens is 426 g/mol. The number of benzene rings is 3. The van der Waals surface area contributed by atoms with Gasteiger partial charge in [0.25, 0.3) is 5.91 Å². The second-order valence-corrected chi connectivity index (χ2v) is 8.31. The monoisotopic (exact) mass is 449 g/mol.